The van der Waals surface area contributed by atoms with Crippen molar-refractivity contribution >= 4 is 21.8 Å². The monoisotopic (exact) mass is 278 g/mol. The summed E-state index contributed by atoms with van der Waals surface area (Å²) in [4.78, 5) is 23.8. The maximum atomic E-state index is 11.8. The van der Waals surface area contributed by atoms with Crippen molar-refractivity contribution < 1.29 is 23.1 Å². The quantitative estimate of drug-likeness (QED) is 0.733. The molecule has 0 aliphatic carbocycles. The summed E-state index contributed by atoms with van der Waals surface area (Å²) in [6, 6.07) is -0.813. The van der Waals surface area contributed by atoms with E-state index < -0.39 is 27.9 Å². The molecule has 0 aromatic rings. The molecule has 2 N–H and O–H groups in total. The van der Waals surface area contributed by atoms with Gasteiger partial charge < -0.3 is 15.3 Å². The Kier molecular flexibility index (Phi) is 4.94. The highest BCUT2D eigenvalue weighted by Gasteiger charge is 2.26. The van der Waals surface area contributed by atoms with Gasteiger partial charge in [-0.2, -0.15) is 0 Å². The van der Waals surface area contributed by atoms with Crippen molar-refractivity contribution in [3.05, 3.63) is 0 Å². The lowest BCUT2D eigenvalue weighted by Gasteiger charge is -2.28. The summed E-state index contributed by atoms with van der Waals surface area (Å²) < 4.78 is 22.4. The third kappa shape index (κ3) is 4.52. The topological polar surface area (TPSA) is 104 Å². The van der Waals surface area contributed by atoms with Gasteiger partial charge in [0.25, 0.3) is 0 Å². The second-order valence-corrected chi connectivity index (χ2v) is 6.60. The first-order chi connectivity index (χ1) is 8.34. The predicted octanol–water partition coefficient (Wildman–Crippen LogP) is -0.320. The molecular weight excluding hydrogens is 260 g/mol. The van der Waals surface area contributed by atoms with Gasteiger partial charge in [-0.3, -0.25) is 4.79 Å². The van der Waals surface area contributed by atoms with Crippen LogP contribution < -0.4 is 5.32 Å². The Morgan fingerprint density at radius 2 is 1.89 bits per heavy atom. The highest BCUT2D eigenvalue weighted by molar-refractivity contribution is 7.91. The second-order valence-electron chi connectivity index (χ2n) is 4.29. The van der Waals surface area contributed by atoms with Gasteiger partial charge in [-0.15, -0.1) is 0 Å². The molecule has 0 spiro atoms. The van der Waals surface area contributed by atoms with Gasteiger partial charge in [0.05, 0.1) is 17.9 Å². The second kappa shape index (κ2) is 6.03. The van der Waals surface area contributed by atoms with Gasteiger partial charge in [0.15, 0.2) is 9.84 Å². The molecule has 0 saturated carbocycles. The normalized spacial score (nSPS) is 20.2. The van der Waals surface area contributed by atoms with E-state index in [2.05, 4.69) is 5.32 Å². The van der Waals surface area contributed by atoms with Gasteiger partial charge in [0.2, 0.25) is 0 Å². The maximum Gasteiger partial charge on any atom is 0.317 e. The number of sulfone groups is 1. The van der Waals surface area contributed by atoms with Crippen LogP contribution in [0.5, 0.6) is 0 Å². The fourth-order valence-corrected chi connectivity index (χ4v) is 2.89. The van der Waals surface area contributed by atoms with Crippen LogP contribution in [0, 0.1) is 0 Å². The largest absolute Gasteiger partial charge is 0.481 e. The fraction of sp³-hybridized carbons (Fsp3) is 0.800. The Bertz CT molecular complexity index is 406. The molecule has 1 aliphatic rings. The van der Waals surface area contributed by atoms with Gasteiger partial charge in [-0.25, -0.2) is 13.2 Å². The number of hydrogen-bond donors (Lipinski definition) is 2. The number of carbonyl (C=O) groups is 2. The number of carboxylic acids is 1. The molecule has 7 nitrogen and oxygen atoms in total. The van der Waals surface area contributed by atoms with Gasteiger partial charge in [0.1, 0.15) is 0 Å². The van der Waals surface area contributed by atoms with E-state index in [1.807, 2.05) is 0 Å². The van der Waals surface area contributed by atoms with E-state index in [0.717, 1.165) is 0 Å². The first kappa shape index (κ1) is 14.7. The van der Waals surface area contributed by atoms with Gasteiger partial charge in [-0.1, -0.05) is 6.92 Å². The third-order valence-corrected chi connectivity index (χ3v) is 4.48. The van der Waals surface area contributed by atoms with Crippen molar-refractivity contribution in [1.29, 1.82) is 0 Å². The number of hydrogen-bond acceptors (Lipinski definition) is 4. The molecule has 0 aromatic carbocycles. The highest BCUT2D eigenvalue weighted by atomic mass is 32.2. The third-order valence-electron chi connectivity index (χ3n) is 2.87. The molecule has 1 rings (SSSR count). The molecule has 1 fully saturated rings. The molecule has 0 aromatic heterocycles. The Labute approximate surface area is 106 Å². The number of nitrogens with one attached hydrogen (secondary N) is 1. The van der Waals surface area contributed by atoms with E-state index in [0.29, 0.717) is 6.42 Å². The molecule has 8 heteroatoms. The van der Waals surface area contributed by atoms with Crippen LogP contribution in [0.1, 0.15) is 19.8 Å². The lowest BCUT2D eigenvalue weighted by molar-refractivity contribution is -0.137. The number of carbonyl (C=O) groups excluding carboxylic acids is 1. The van der Waals surface area contributed by atoms with Crippen LogP contribution in [0.25, 0.3) is 0 Å². The average Bonchev–Trinajstić information content (AvgIpc) is 2.27. The smallest absolute Gasteiger partial charge is 0.317 e. The molecule has 1 atom stereocenters. The average molecular weight is 278 g/mol. The van der Waals surface area contributed by atoms with Crippen LogP contribution in [0.2, 0.25) is 0 Å². The van der Waals surface area contributed by atoms with E-state index in [1.165, 1.54) is 4.90 Å². The van der Waals surface area contributed by atoms with Crippen LogP contribution in [-0.4, -0.2) is 61.1 Å². The van der Waals surface area contributed by atoms with Crippen LogP contribution in [0.15, 0.2) is 0 Å². The van der Waals surface area contributed by atoms with Crippen LogP contribution in [0.3, 0.4) is 0 Å². The molecule has 18 heavy (non-hydrogen) atoms. The summed E-state index contributed by atoms with van der Waals surface area (Å²) >= 11 is 0. The van der Waals surface area contributed by atoms with Crippen molar-refractivity contribution in [3.8, 4) is 0 Å². The van der Waals surface area contributed by atoms with Crippen molar-refractivity contribution in [2.45, 2.75) is 25.8 Å². The van der Waals surface area contributed by atoms with E-state index in [9.17, 15) is 18.0 Å². The number of rotatable bonds is 4. The Hall–Kier alpha value is -1.31. The Morgan fingerprint density at radius 3 is 2.33 bits per heavy atom. The van der Waals surface area contributed by atoms with E-state index in [1.54, 1.807) is 6.92 Å². The minimum absolute atomic E-state index is 0.0316. The molecule has 1 aliphatic heterocycles. The van der Waals surface area contributed by atoms with Crippen LogP contribution >= 0.6 is 0 Å². The number of amides is 2. The summed E-state index contributed by atoms with van der Waals surface area (Å²) in [6.07, 6.45) is 0.387. The SMILES string of the molecule is CCC(CC(=O)O)NC(=O)N1CCS(=O)(=O)CC1. The van der Waals surface area contributed by atoms with Gasteiger partial charge >= 0.3 is 12.0 Å². The first-order valence-electron chi connectivity index (χ1n) is 5.81. The molecule has 1 heterocycles. The molecule has 0 radical (unpaired) electrons. The van der Waals surface area contributed by atoms with Crippen LogP contribution in [0.4, 0.5) is 4.79 Å². The summed E-state index contributed by atoms with van der Waals surface area (Å²) in [5.41, 5.74) is 0. The summed E-state index contributed by atoms with van der Waals surface area (Å²) in [5.74, 6) is -1.03. The van der Waals surface area contributed by atoms with E-state index >= 15 is 0 Å². The van der Waals surface area contributed by atoms with Crippen molar-refractivity contribution in [2.75, 3.05) is 24.6 Å². The number of urea groups is 1. The fourth-order valence-electron chi connectivity index (χ4n) is 1.69. The zero-order valence-corrected chi connectivity index (χ0v) is 11.1. The molecule has 1 saturated heterocycles. The summed E-state index contributed by atoms with van der Waals surface area (Å²) in [5, 5.41) is 11.3. The standard InChI is InChI=1S/C10H18N2O5S/c1-2-8(7-9(13)14)11-10(15)12-3-5-18(16,17)6-4-12/h8H,2-7H2,1H3,(H,11,15)(H,13,14). The zero-order valence-electron chi connectivity index (χ0n) is 10.3. The maximum absolute atomic E-state index is 11.8. The highest BCUT2D eigenvalue weighted by Crippen LogP contribution is 2.05. The van der Waals surface area contributed by atoms with Crippen molar-refractivity contribution in [2.24, 2.45) is 0 Å². The number of aliphatic carboxylic acids is 1. The van der Waals surface area contributed by atoms with Gasteiger partial charge in [0, 0.05) is 19.1 Å². The lowest BCUT2D eigenvalue weighted by atomic mass is 10.1. The minimum atomic E-state index is -3.02. The summed E-state index contributed by atoms with van der Waals surface area (Å²) in [7, 11) is -3.02. The van der Waals surface area contributed by atoms with Gasteiger partial charge in [-0.05, 0) is 6.42 Å². The predicted molar refractivity (Wildman–Crippen MR) is 65.1 cm³/mol. The Morgan fingerprint density at radius 1 is 1.33 bits per heavy atom. The summed E-state index contributed by atoms with van der Waals surface area (Å²) in [6.45, 7) is 2.11. The first-order valence-corrected chi connectivity index (χ1v) is 7.64. The van der Waals surface area contributed by atoms with E-state index in [-0.39, 0.29) is 31.0 Å². The molecule has 104 valence electrons. The molecule has 1 unspecified atom stereocenters. The molecule has 2 amide bonds. The van der Waals surface area contributed by atoms with Crippen molar-refractivity contribution in [1.82, 2.24) is 10.2 Å². The number of nitrogens with zero attached hydrogens (tertiary/aromatic N) is 1. The Balaban J connectivity index is 2.48. The minimum Gasteiger partial charge on any atom is -0.481 e. The lowest BCUT2D eigenvalue weighted by Crippen LogP contribution is -2.50. The van der Waals surface area contributed by atoms with Crippen molar-refractivity contribution in [3.63, 3.8) is 0 Å². The molecule has 0 bridgehead atoms. The molecular formula is C10H18N2O5S. The zero-order chi connectivity index (χ0) is 13.8. The number of carboxylic acid groups (broad SMARTS) is 1. The van der Waals surface area contributed by atoms with E-state index in [4.69, 9.17) is 5.11 Å². The van der Waals surface area contributed by atoms with Crippen LogP contribution in [-0.2, 0) is 14.6 Å².